The molecule has 0 spiro atoms. The van der Waals surface area contributed by atoms with Crippen LogP contribution in [0.1, 0.15) is 10.5 Å². The average molecular weight is 390 g/mol. The van der Waals surface area contributed by atoms with Gasteiger partial charge in [-0.3, -0.25) is 10.1 Å². The second-order valence-corrected chi connectivity index (χ2v) is 6.94. The van der Waals surface area contributed by atoms with Crippen LogP contribution in [-0.4, -0.2) is 16.0 Å². The summed E-state index contributed by atoms with van der Waals surface area (Å²) in [5.41, 5.74) is 1.56. The van der Waals surface area contributed by atoms with Crippen molar-refractivity contribution in [1.82, 2.24) is 10.1 Å². The lowest BCUT2D eigenvalue weighted by molar-refractivity contribution is 0.101. The van der Waals surface area contributed by atoms with Gasteiger partial charge in [-0.25, -0.2) is 4.98 Å². The fraction of sp³-hybridized carbons (Fsp3) is 0. The second kappa shape index (κ2) is 6.48. The van der Waals surface area contributed by atoms with Gasteiger partial charge in [-0.05, 0) is 12.1 Å². The number of anilines is 1. The van der Waals surface area contributed by atoms with E-state index in [0.29, 0.717) is 26.5 Å². The van der Waals surface area contributed by atoms with Crippen molar-refractivity contribution in [3.05, 3.63) is 64.3 Å². The van der Waals surface area contributed by atoms with Gasteiger partial charge in [0.2, 0.25) is 0 Å². The molecule has 0 aliphatic carbocycles. The Morgan fingerprint density at radius 1 is 1.08 bits per heavy atom. The molecular formula is C17H9Cl2N3O2S. The van der Waals surface area contributed by atoms with Crippen molar-refractivity contribution >= 4 is 55.8 Å². The topological polar surface area (TPSA) is 68.0 Å². The van der Waals surface area contributed by atoms with Crippen LogP contribution in [0.15, 0.2) is 53.1 Å². The van der Waals surface area contributed by atoms with Crippen LogP contribution in [0.2, 0.25) is 10.0 Å². The van der Waals surface area contributed by atoms with E-state index in [1.54, 1.807) is 18.2 Å². The Balaban J connectivity index is 1.60. The SMILES string of the molecule is O=C(Nc1nc2c(Cl)ccc(Cl)c2s1)c1cc(-c2ccccc2)on1. The number of amides is 1. The first-order valence-electron chi connectivity index (χ1n) is 7.20. The highest BCUT2D eigenvalue weighted by molar-refractivity contribution is 7.23. The number of aromatic nitrogens is 2. The second-order valence-electron chi connectivity index (χ2n) is 5.12. The number of nitrogens with zero attached hydrogens (tertiary/aromatic N) is 2. The monoisotopic (exact) mass is 389 g/mol. The summed E-state index contributed by atoms with van der Waals surface area (Å²) in [4.78, 5) is 16.7. The van der Waals surface area contributed by atoms with Crippen LogP contribution in [0.5, 0.6) is 0 Å². The predicted molar refractivity (Wildman–Crippen MR) is 99.5 cm³/mol. The van der Waals surface area contributed by atoms with Gasteiger partial charge < -0.3 is 4.52 Å². The molecule has 0 unspecified atom stereocenters. The van der Waals surface area contributed by atoms with E-state index in [1.165, 1.54) is 11.3 Å². The molecule has 0 bridgehead atoms. The zero-order chi connectivity index (χ0) is 17.4. The highest BCUT2D eigenvalue weighted by Gasteiger charge is 2.17. The van der Waals surface area contributed by atoms with E-state index in [-0.39, 0.29) is 5.69 Å². The van der Waals surface area contributed by atoms with E-state index in [4.69, 9.17) is 27.7 Å². The number of carbonyl (C=O) groups is 1. The summed E-state index contributed by atoms with van der Waals surface area (Å²) in [6.45, 7) is 0. The van der Waals surface area contributed by atoms with Gasteiger partial charge in [0.1, 0.15) is 5.52 Å². The fourth-order valence-electron chi connectivity index (χ4n) is 2.28. The molecule has 0 aliphatic heterocycles. The minimum Gasteiger partial charge on any atom is -0.355 e. The molecule has 2 aromatic heterocycles. The smallest absolute Gasteiger partial charge is 0.279 e. The third-order valence-electron chi connectivity index (χ3n) is 3.47. The minimum atomic E-state index is -0.419. The van der Waals surface area contributed by atoms with E-state index < -0.39 is 5.91 Å². The number of nitrogens with one attached hydrogen (secondary N) is 1. The summed E-state index contributed by atoms with van der Waals surface area (Å²) in [5.74, 6) is 0.0957. The van der Waals surface area contributed by atoms with Crippen molar-refractivity contribution in [1.29, 1.82) is 0 Å². The number of benzene rings is 2. The van der Waals surface area contributed by atoms with Crippen molar-refractivity contribution in [2.75, 3.05) is 5.32 Å². The normalized spacial score (nSPS) is 11.0. The van der Waals surface area contributed by atoms with Gasteiger partial charge in [0.15, 0.2) is 16.6 Å². The quantitative estimate of drug-likeness (QED) is 0.501. The van der Waals surface area contributed by atoms with Crippen molar-refractivity contribution in [3.63, 3.8) is 0 Å². The molecule has 0 atom stereocenters. The van der Waals surface area contributed by atoms with E-state index >= 15 is 0 Å². The Hall–Kier alpha value is -2.41. The van der Waals surface area contributed by atoms with Crippen LogP contribution in [0.25, 0.3) is 21.5 Å². The summed E-state index contributed by atoms with van der Waals surface area (Å²) in [5, 5.41) is 7.91. The lowest BCUT2D eigenvalue weighted by Gasteiger charge is -1.95. The lowest BCUT2D eigenvalue weighted by Crippen LogP contribution is -2.11. The van der Waals surface area contributed by atoms with Crippen molar-refractivity contribution < 1.29 is 9.32 Å². The molecule has 8 heteroatoms. The van der Waals surface area contributed by atoms with Crippen LogP contribution in [0.4, 0.5) is 5.13 Å². The molecular weight excluding hydrogens is 381 g/mol. The van der Waals surface area contributed by atoms with E-state index in [0.717, 1.165) is 10.3 Å². The number of carbonyl (C=O) groups excluding carboxylic acids is 1. The summed E-state index contributed by atoms with van der Waals surface area (Å²) in [7, 11) is 0. The molecule has 0 fully saturated rings. The minimum absolute atomic E-state index is 0.162. The molecule has 2 aromatic carbocycles. The third kappa shape index (κ3) is 3.11. The van der Waals surface area contributed by atoms with Gasteiger partial charge in [0.25, 0.3) is 5.91 Å². The zero-order valence-electron chi connectivity index (χ0n) is 12.5. The van der Waals surface area contributed by atoms with Crippen molar-refractivity contribution in [2.24, 2.45) is 0 Å². The number of hydrogen-bond donors (Lipinski definition) is 1. The molecule has 25 heavy (non-hydrogen) atoms. The van der Waals surface area contributed by atoms with Crippen LogP contribution >= 0.6 is 34.5 Å². The number of halogens is 2. The Kier molecular flexibility index (Phi) is 4.17. The maximum Gasteiger partial charge on any atom is 0.279 e. The summed E-state index contributed by atoms with van der Waals surface area (Å²) < 4.78 is 5.95. The number of thiazole rings is 1. The molecule has 0 aliphatic rings. The molecule has 0 saturated carbocycles. The van der Waals surface area contributed by atoms with Crippen LogP contribution in [-0.2, 0) is 0 Å². The van der Waals surface area contributed by atoms with Crippen LogP contribution < -0.4 is 5.32 Å². The van der Waals surface area contributed by atoms with Gasteiger partial charge in [0.05, 0.1) is 14.7 Å². The predicted octanol–water partition coefficient (Wildman–Crippen LogP) is 5.51. The molecule has 5 nitrogen and oxygen atoms in total. The first kappa shape index (κ1) is 16.1. The van der Waals surface area contributed by atoms with Crippen molar-refractivity contribution in [2.45, 2.75) is 0 Å². The molecule has 2 heterocycles. The third-order valence-corrected chi connectivity index (χ3v) is 5.20. The lowest BCUT2D eigenvalue weighted by atomic mass is 10.1. The van der Waals surface area contributed by atoms with Gasteiger partial charge in [-0.15, -0.1) is 0 Å². The molecule has 124 valence electrons. The number of rotatable bonds is 3. The Bertz CT molecular complexity index is 1040. The maximum atomic E-state index is 12.4. The summed E-state index contributed by atoms with van der Waals surface area (Å²) in [6, 6.07) is 14.4. The van der Waals surface area contributed by atoms with Crippen molar-refractivity contribution in [3.8, 4) is 11.3 Å². The Morgan fingerprint density at radius 3 is 2.60 bits per heavy atom. The molecule has 1 amide bonds. The van der Waals surface area contributed by atoms with Gasteiger partial charge in [-0.2, -0.15) is 0 Å². The molecule has 4 aromatic rings. The van der Waals surface area contributed by atoms with Crippen LogP contribution in [0.3, 0.4) is 0 Å². The molecule has 4 rings (SSSR count). The van der Waals surface area contributed by atoms with Crippen LogP contribution in [0, 0.1) is 0 Å². The summed E-state index contributed by atoms with van der Waals surface area (Å²) >= 11 is 13.5. The molecule has 0 radical (unpaired) electrons. The van der Waals surface area contributed by atoms with E-state index in [2.05, 4.69) is 15.5 Å². The number of fused-ring (bicyclic) bond motifs is 1. The average Bonchev–Trinajstić information content (AvgIpc) is 3.27. The molecule has 1 N–H and O–H groups in total. The zero-order valence-corrected chi connectivity index (χ0v) is 14.8. The standard InChI is InChI=1S/C17H9Cl2N3O2S/c18-10-6-7-11(19)15-14(10)20-17(25-15)21-16(23)12-8-13(24-22-12)9-4-2-1-3-5-9/h1-8H,(H,20,21,23). The van der Waals surface area contributed by atoms with Gasteiger partial charge >= 0.3 is 0 Å². The fourth-order valence-corrected chi connectivity index (χ4v) is 3.70. The Morgan fingerprint density at radius 2 is 1.84 bits per heavy atom. The van der Waals surface area contributed by atoms with E-state index in [1.807, 2.05) is 30.3 Å². The van der Waals surface area contributed by atoms with Gasteiger partial charge in [0, 0.05) is 11.6 Å². The van der Waals surface area contributed by atoms with E-state index in [9.17, 15) is 4.79 Å². The maximum absolute atomic E-state index is 12.4. The Labute approximate surface area is 156 Å². The first-order valence-corrected chi connectivity index (χ1v) is 8.77. The molecule has 0 saturated heterocycles. The summed E-state index contributed by atoms with van der Waals surface area (Å²) in [6.07, 6.45) is 0. The largest absolute Gasteiger partial charge is 0.355 e. The first-order chi connectivity index (χ1) is 12.1. The number of hydrogen-bond acceptors (Lipinski definition) is 5. The van der Waals surface area contributed by atoms with Gasteiger partial charge in [-0.1, -0.05) is 70.0 Å². The highest BCUT2D eigenvalue weighted by atomic mass is 35.5. The highest BCUT2D eigenvalue weighted by Crippen LogP contribution is 2.36.